The van der Waals surface area contributed by atoms with Crippen LogP contribution in [-0.4, -0.2) is 11.7 Å². The lowest BCUT2D eigenvalue weighted by Crippen LogP contribution is -2.01. The summed E-state index contributed by atoms with van der Waals surface area (Å²) >= 11 is 0. The summed E-state index contributed by atoms with van der Waals surface area (Å²) in [5.74, 6) is -0.381. The third-order valence-corrected chi connectivity index (χ3v) is 2.23. The summed E-state index contributed by atoms with van der Waals surface area (Å²) in [6, 6.07) is 7.91. The molecule has 0 saturated carbocycles. The molecule has 1 aliphatic rings. The van der Waals surface area contributed by atoms with E-state index in [1.54, 1.807) is 13.0 Å². The van der Waals surface area contributed by atoms with Crippen LogP contribution in [0.2, 0.25) is 0 Å². The van der Waals surface area contributed by atoms with Crippen molar-refractivity contribution in [3.05, 3.63) is 41.0 Å². The Labute approximate surface area is 88.1 Å². The number of aryl methyl sites for hydroxylation is 1. The van der Waals surface area contributed by atoms with E-state index < -0.39 is 0 Å². The number of hydrogen-bond acceptors (Lipinski definition) is 3. The molecule has 1 heterocycles. The molecule has 76 valence electrons. The van der Waals surface area contributed by atoms with E-state index >= 15 is 0 Å². The largest absolute Gasteiger partial charge is 0.367 e. The van der Waals surface area contributed by atoms with Gasteiger partial charge in [0, 0.05) is 0 Å². The molecule has 0 radical (unpaired) electrons. The van der Waals surface area contributed by atoms with E-state index in [1.807, 2.05) is 31.2 Å². The molecule has 0 unspecified atom stereocenters. The monoisotopic (exact) mass is 201 g/mol. The molecule has 0 amide bonds. The molecule has 1 aromatic rings. The smallest absolute Gasteiger partial charge is 0.312 e. The lowest BCUT2D eigenvalue weighted by Gasteiger charge is -1.97. The standard InChI is InChI=1S/C12H11NO2/c1-8-4-3-5-10(6-8)7-11-9(2)13-15-12(11)14/h3-7H,1-2H3/b11-7+. The fourth-order valence-electron chi connectivity index (χ4n) is 1.45. The number of nitrogens with zero attached hydrogens (tertiary/aromatic N) is 1. The van der Waals surface area contributed by atoms with Gasteiger partial charge in [0.15, 0.2) is 0 Å². The van der Waals surface area contributed by atoms with E-state index in [4.69, 9.17) is 0 Å². The second-order valence-corrected chi connectivity index (χ2v) is 3.53. The van der Waals surface area contributed by atoms with Crippen LogP contribution in [0.5, 0.6) is 0 Å². The Morgan fingerprint density at radius 1 is 1.33 bits per heavy atom. The van der Waals surface area contributed by atoms with Gasteiger partial charge in [0.1, 0.15) is 0 Å². The Bertz CT molecular complexity index is 472. The first-order chi connectivity index (χ1) is 7.16. The van der Waals surface area contributed by atoms with E-state index in [1.165, 1.54) is 0 Å². The lowest BCUT2D eigenvalue weighted by molar-refractivity contribution is -0.136. The van der Waals surface area contributed by atoms with Crippen LogP contribution in [0.25, 0.3) is 6.08 Å². The minimum Gasteiger partial charge on any atom is -0.312 e. The lowest BCUT2D eigenvalue weighted by atomic mass is 10.1. The van der Waals surface area contributed by atoms with Crippen LogP contribution in [0.15, 0.2) is 35.0 Å². The maximum absolute atomic E-state index is 11.3. The fourth-order valence-corrected chi connectivity index (χ4v) is 1.45. The summed E-state index contributed by atoms with van der Waals surface area (Å²) in [6.45, 7) is 3.77. The summed E-state index contributed by atoms with van der Waals surface area (Å²) < 4.78 is 0. The second kappa shape index (κ2) is 3.69. The van der Waals surface area contributed by atoms with Crippen molar-refractivity contribution in [1.82, 2.24) is 0 Å². The average molecular weight is 201 g/mol. The molecule has 0 spiro atoms. The molecule has 1 aliphatic heterocycles. The van der Waals surface area contributed by atoms with Gasteiger partial charge in [-0.3, -0.25) is 0 Å². The van der Waals surface area contributed by atoms with Gasteiger partial charge < -0.3 is 4.84 Å². The molecule has 15 heavy (non-hydrogen) atoms. The first kappa shape index (κ1) is 9.65. The minimum absolute atomic E-state index is 0.381. The molecule has 0 aromatic heterocycles. The van der Waals surface area contributed by atoms with Crippen molar-refractivity contribution in [2.45, 2.75) is 13.8 Å². The van der Waals surface area contributed by atoms with E-state index in [0.717, 1.165) is 11.1 Å². The van der Waals surface area contributed by atoms with Gasteiger partial charge in [0.05, 0.1) is 11.3 Å². The Balaban J connectivity index is 2.38. The van der Waals surface area contributed by atoms with E-state index in [2.05, 4.69) is 9.99 Å². The molecule has 3 heteroatoms. The highest BCUT2D eigenvalue weighted by molar-refractivity contribution is 6.24. The van der Waals surface area contributed by atoms with Gasteiger partial charge >= 0.3 is 5.97 Å². The SMILES string of the molecule is CC1=NOC(=O)/C1=C/c1cccc(C)c1. The Morgan fingerprint density at radius 2 is 2.13 bits per heavy atom. The summed E-state index contributed by atoms with van der Waals surface area (Å²) in [5, 5.41) is 3.62. The molecule has 0 atom stereocenters. The van der Waals surface area contributed by atoms with E-state index in [9.17, 15) is 4.79 Å². The Hall–Kier alpha value is -1.90. The van der Waals surface area contributed by atoms with Crippen molar-refractivity contribution in [3.63, 3.8) is 0 Å². The summed E-state index contributed by atoms with van der Waals surface area (Å²) in [6.07, 6.45) is 1.79. The molecule has 0 saturated heterocycles. The number of oxime groups is 1. The number of hydrogen-bond donors (Lipinski definition) is 0. The number of benzene rings is 1. The van der Waals surface area contributed by atoms with Crippen molar-refractivity contribution in [2.24, 2.45) is 5.16 Å². The van der Waals surface area contributed by atoms with E-state index in [-0.39, 0.29) is 5.97 Å². The molecule has 0 aliphatic carbocycles. The van der Waals surface area contributed by atoms with Gasteiger partial charge in [-0.15, -0.1) is 0 Å². The zero-order valence-corrected chi connectivity index (χ0v) is 8.65. The Morgan fingerprint density at radius 3 is 2.73 bits per heavy atom. The fraction of sp³-hybridized carbons (Fsp3) is 0.167. The number of carbonyl (C=O) groups is 1. The maximum Gasteiger partial charge on any atom is 0.367 e. The van der Waals surface area contributed by atoms with Gasteiger partial charge in [0.25, 0.3) is 0 Å². The van der Waals surface area contributed by atoms with Gasteiger partial charge in [-0.2, -0.15) is 0 Å². The van der Waals surface area contributed by atoms with Crippen molar-refractivity contribution >= 4 is 17.8 Å². The van der Waals surface area contributed by atoms with Gasteiger partial charge in [-0.25, -0.2) is 4.79 Å². The summed E-state index contributed by atoms with van der Waals surface area (Å²) in [5.41, 5.74) is 3.30. The predicted octanol–water partition coefficient (Wildman–Crippen LogP) is 2.31. The van der Waals surface area contributed by atoms with Crippen LogP contribution in [0.3, 0.4) is 0 Å². The second-order valence-electron chi connectivity index (χ2n) is 3.53. The molecule has 0 fully saturated rings. The first-order valence-corrected chi connectivity index (χ1v) is 4.71. The molecule has 0 N–H and O–H groups in total. The van der Waals surface area contributed by atoms with Crippen molar-refractivity contribution in [1.29, 1.82) is 0 Å². The predicted molar refractivity (Wildman–Crippen MR) is 58.4 cm³/mol. The summed E-state index contributed by atoms with van der Waals surface area (Å²) in [7, 11) is 0. The first-order valence-electron chi connectivity index (χ1n) is 4.71. The highest BCUT2D eigenvalue weighted by atomic mass is 16.7. The van der Waals surface area contributed by atoms with Gasteiger partial charge in [-0.05, 0) is 25.5 Å². The average Bonchev–Trinajstić information content (AvgIpc) is 2.50. The molecule has 3 nitrogen and oxygen atoms in total. The zero-order chi connectivity index (χ0) is 10.8. The van der Waals surface area contributed by atoms with Crippen LogP contribution < -0.4 is 0 Å². The molecular formula is C12H11NO2. The zero-order valence-electron chi connectivity index (χ0n) is 8.65. The summed E-state index contributed by atoms with van der Waals surface area (Å²) in [4.78, 5) is 15.8. The molecule has 1 aromatic carbocycles. The van der Waals surface area contributed by atoms with Crippen LogP contribution in [-0.2, 0) is 9.63 Å². The number of carbonyl (C=O) groups excluding carboxylic acids is 1. The van der Waals surface area contributed by atoms with Crippen LogP contribution >= 0.6 is 0 Å². The van der Waals surface area contributed by atoms with E-state index in [0.29, 0.717) is 11.3 Å². The number of rotatable bonds is 1. The highest BCUT2D eigenvalue weighted by Gasteiger charge is 2.21. The van der Waals surface area contributed by atoms with Crippen LogP contribution in [0, 0.1) is 6.92 Å². The third kappa shape index (κ3) is 1.96. The van der Waals surface area contributed by atoms with Crippen molar-refractivity contribution in [2.75, 3.05) is 0 Å². The molecule has 2 rings (SSSR count). The maximum atomic E-state index is 11.3. The quantitative estimate of drug-likeness (QED) is 0.516. The van der Waals surface area contributed by atoms with Crippen LogP contribution in [0.1, 0.15) is 18.1 Å². The van der Waals surface area contributed by atoms with Crippen molar-refractivity contribution < 1.29 is 9.63 Å². The molecular weight excluding hydrogens is 190 g/mol. The highest BCUT2D eigenvalue weighted by Crippen LogP contribution is 2.15. The normalized spacial score (nSPS) is 17.9. The Kier molecular flexibility index (Phi) is 2.37. The topological polar surface area (TPSA) is 38.7 Å². The van der Waals surface area contributed by atoms with Crippen molar-refractivity contribution in [3.8, 4) is 0 Å². The third-order valence-electron chi connectivity index (χ3n) is 2.23. The van der Waals surface area contributed by atoms with Gasteiger partial charge in [-0.1, -0.05) is 35.0 Å². The minimum atomic E-state index is -0.381. The van der Waals surface area contributed by atoms with Crippen LogP contribution in [0.4, 0.5) is 0 Å². The molecule has 0 bridgehead atoms. The van der Waals surface area contributed by atoms with Gasteiger partial charge in [0.2, 0.25) is 0 Å².